The fourth-order valence-corrected chi connectivity index (χ4v) is 11.2. The third-order valence-corrected chi connectivity index (χ3v) is 15.4. The molecule has 3 unspecified atom stereocenters. The molecule has 1 heteroatoms. The molecule has 3 aliphatic carbocycles. The molecule has 0 heterocycles. The highest BCUT2D eigenvalue weighted by Crippen LogP contribution is 2.42. The van der Waals surface area contributed by atoms with Crippen LogP contribution in [-0.2, 0) is 57.8 Å². The summed E-state index contributed by atoms with van der Waals surface area (Å²) in [6.45, 7) is 0. The smallest absolute Gasteiger partial charge is 0.0461 e. The van der Waals surface area contributed by atoms with Crippen molar-refractivity contribution in [3.63, 3.8) is 0 Å². The van der Waals surface area contributed by atoms with Gasteiger partial charge in [0.2, 0.25) is 0 Å². The van der Waals surface area contributed by atoms with Crippen LogP contribution in [0.4, 0.5) is 17.1 Å². The van der Waals surface area contributed by atoms with Gasteiger partial charge in [-0.05, 0) is 178 Å². The summed E-state index contributed by atoms with van der Waals surface area (Å²) in [4.78, 5) is 2.42. The van der Waals surface area contributed by atoms with Gasteiger partial charge in [-0.15, -0.1) is 0 Å². The maximum Gasteiger partial charge on any atom is 0.0461 e. The van der Waals surface area contributed by atoms with E-state index in [2.05, 4.69) is 223 Å². The number of aryl methyl sites for hydroxylation is 6. The van der Waals surface area contributed by atoms with E-state index in [-0.39, 0.29) is 0 Å². The van der Waals surface area contributed by atoms with Crippen LogP contribution in [0.25, 0.3) is 0 Å². The molecule has 3 atom stereocenters. The zero-order valence-corrected chi connectivity index (χ0v) is 38.3. The number of benzene rings is 9. The predicted molar refractivity (Wildman–Crippen MR) is 279 cm³/mol. The van der Waals surface area contributed by atoms with Gasteiger partial charge in [0.1, 0.15) is 0 Å². The molecule has 9 aromatic carbocycles. The molecule has 67 heavy (non-hydrogen) atoms. The van der Waals surface area contributed by atoms with E-state index in [0.717, 1.165) is 57.8 Å². The lowest BCUT2D eigenvalue weighted by atomic mass is 9.74. The Bertz CT molecular complexity index is 2780. The van der Waals surface area contributed by atoms with E-state index in [1.165, 1.54) is 101 Å². The molecule has 0 aliphatic heterocycles. The summed E-state index contributed by atoms with van der Waals surface area (Å²) in [5.74, 6) is 1.64. The summed E-state index contributed by atoms with van der Waals surface area (Å²) >= 11 is 0. The summed E-state index contributed by atoms with van der Waals surface area (Å²) in [7, 11) is 0. The third-order valence-electron chi connectivity index (χ3n) is 15.4. The second-order valence-electron chi connectivity index (χ2n) is 19.4. The lowest BCUT2D eigenvalue weighted by Gasteiger charge is -2.30. The van der Waals surface area contributed by atoms with Crippen molar-refractivity contribution in [2.45, 2.75) is 75.5 Å². The first kappa shape index (κ1) is 41.2. The highest BCUT2D eigenvalue weighted by molar-refractivity contribution is 5.77. The van der Waals surface area contributed by atoms with Crippen LogP contribution in [0.2, 0.25) is 0 Å². The summed E-state index contributed by atoms with van der Waals surface area (Å²) in [6, 6.07) is 82.7. The number of nitrogens with zero attached hydrogens (tertiary/aromatic N) is 1. The van der Waals surface area contributed by atoms with Crippen molar-refractivity contribution in [2.75, 3.05) is 4.90 Å². The van der Waals surface area contributed by atoms with Gasteiger partial charge in [-0.2, -0.15) is 0 Å². The van der Waals surface area contributed by atoms with Crippen molar-refractivity contribution in [3.05, 3.63) is 302 Å². The zero-order chi connectivity index (χ0) is 44.5. The van der Waals surface area contributed by atoms with Gasteiger partial charge in [-0.25, -0.2) is 0 Å². The molecule has 0 fully saturated rings. The Morgan fingerprint density at radius 2 is 0.478 bits per heavy atom. The van der Waals surface area contributed by atoms with E-state index in [0.29, 0.717) is 17.8 Å². The number of rotatable bonds is 15. The van der Waals surface area contributed by atoms with Crippen LogP contribution in [0, 0.1) is 0 Å². The number of fused-ring (bicyclic) bond motifs is 3. The van der Waals surface area contributed by atoms with E-state index in [1.54, 1.807) is 0 Å². The molecule has 0 aromatic heterocycles. The minimum Gasteiger partial charge on any atom is -0.311 e. The van der Waals surface area contributed by atoms with Gasteiger partial charge in [0.05, 0.1) is 0 Å². The van der Waals surface area contributed by atoms with Crippen LogP contribution in [0.15, 0.2) is 218 Å². The molecule has 0 saturated heterocycles. The standard InChI is InChI=1S/C66H57N/c1-4-10-61-55(7-1)43-64(61)52-31-19-46(20-32-52)13-16-49-25-37-58(38-26-49)67(59-39-27-50(28-40-59)17-14-47-21-33-53(34-22-47)65-44-56-8-2-5-11-62(56)65)60-41-29-51(30-42-60)18-15-48-23-35-54(36-24-48)66-45-57-9-3-6-12-63(57)66/h1-12,19-42,64-66H,13-18,43-45H2. The number of hydrogen-bond acceptors (Lipinski definition) is 1. The molecule has 326 valence electrons. The Morgan fingerprint density at radius 1 is 0.254 bits per heavy atom. The molecular weight excluding hydrogens is 807 g/mol. The second kappa shape index (κ2) is 18.2. The van der Waals surface area contributed by atoms with E-state index >= 15 is 0 Å². The Kier molecular flexibility index (Phi) is 11.2. The van der Waals surface area contributed by atoms with Gasteiger partial charge in [0.25, 0.3) is 0 Å². The van der Waals surface area contributed by atoms with Crippen molar-refractivity contribution < 1.29 is 0 Å². The first-order valence-electron chi connectivity index (χ1n) is 24.7. The highest BCUT2D eigenvalue weighted by atomic mass is 15.1. The number of anilines is 3. The highest BCUT2D eigenvalue weighted by Gasteiger charge is 2.28. The lowest BCUT2D eigenvalue weighted by molar-refractivity contribution is 0.707. The van der Waals surface area contributed by atoms with Crippen LogP contribution < -0.4 is 4.90 Å². The molecule has 0 radical (unpaired) electrons. The SMILES string of the molecule is c1ccc2c(c1)CC2c1ccc(CCc2ccc(N(c3ccc(CCc4ccc(C5Cc6ccccc65)cc4)cc3)c3ccc(CCc4ccc(C5Cc6ccccc65)cc4)cc3)cc2)cc1. The molecule has 0 amide bonds. The topological polar surface area (TPSA) is 3.24 Å². The average Bonchev–Trinajstić information content (AvgIpc) is 3.35. The van der Waals surface area contributed by atoms with Crippen LogP contribution >= 0.6 is 0 Å². The zero-order valence-electron chi connectivity index (χ0n) is 38.3. The first-order chi connectivity index (χ1) is 33.1. The molecule has 9 aromatic rings. The molecule has 1 nitrogen and oxygen atoms in total. The van der Waals surface area contributed by atoms with Gasteiger partial charge >= 0.3 is 0 Å². The van der Waals surface area contributed by atoms with Crippen molar-refractivity contribution >= 4 is 17.1 Å². The summed E-state index contributed by atoms with van der Waals surface area (Å²) in [5.41, 5.74) is 25.1. The third kappa shape index (κ3) is 8.56. The Morgan fingerprint density at radius 3 is 0.716 bits per heavy atom. The maximum atomic E-state index is 2.42. The van der Waals surface area contributed by atoms with Crippen LogP contribution in [0.1, 0.15) is 101 Å². The lowest BCUT2D eigenvalue weighted by Crippen LogP contribution is -2.17. The molecule has 12 rings (SSSR count). The minimum atomic E-state index is 0.548. The van der Waals surface area contributed by atoms with Crippen LogP contribution in [-0.4, -0.2) is 0 Å². The molecule has 0 bridgehead atoms. The van der Waals surface area contributed by atoms with Gasteiger partial charge in [0.15, 0.2) is 0 Å². The first-order valence-corrected chi connectivity index (χ1v) is 24.7. The van der Waals surface area contributed by atoms with Crippen molar-refractivity contribution in [3.8, 4) is 0 Å². The van der Waals surface area contributed by atoms with Gasteiger partial charge in [-0.3, -0.25) is 0 Å². The van der Waals surface area contributed by atoms with Gasteiger partial charge in [0, 0.05) is 34.8 Å². The fourth-order valence-electron chi connectivity index (χ4n) is 11.2. The monoisotopic (exact) mass is 863 g/mol. The van der Waals surface area contributed by atoms with E-state index < -0.39 is 0 Å². The van der Waals surface area contributed by atoms with Crippen molar-refractivity contribution in [2.24, 2.45) is 0 Å². The Hall–Kier alpha value is -7.22. The molecule has 3 aliphatic rings. The normalized spacial score (nSPS) is 16.4. The molecule has 0 saturated carbocycles. The van der Waals surface area contributed by atoms with E-state index in [1.807, 2.05) is 0 Å². The fraction of sp³-hybridized carbons (Fsp3) is 0.182. The van der Waals surface area contributed by atoms with Crippen molar-refractivity contribution in [1.29, 1.82) is 0 Å². The summed E-state index contributed by atoms with van der Waals surface area (Å²) < 4.78 is 0. The van der Waals surface area contributed by atoms with Gasteiger partial charge < -0.3 is 4.90 Å². The average molecular weight is 864 g/mol. The van der Waals surface area contributed by atoms with Gasteiger partial charge in [-0.1, -0.05) is 182 Å². The molecule has 0 spiro atoms. The van der Waals surface area contributed by atoms with E-state index in [9.17, 15) is 0 Å². The van der Waals surface area contributed by atoms with Crippen LogP contribution in [0.5, 0.6) is 0 Å². The second-order valence-corrected chi connectivity index (χ2v) is 19.4. The molecular formula is C66H57N. The minimum absolute atomic E-state index is 0.548. The predicted octanol–water partition coefficient (Wildman–Crippen LogP) is 15.6. The van der Waals surface area contributed by atoms with Crippen molar-refractivity contribution in [1.82, 2.24) is 0 Å². The largest absolute Gasteiger partial charge is 0.311 e. The Balaban J connectivity index is 0.721. The van der Waals surface area contributed by atoms with E-state index in [4.69, 9.17) is 0 Å². The molecule has 0 N–H and O–H groups in total. The summed E-state index contributed by atoms with van der Waals surface area (Å²) in [5, 5.41) is 0. The number of hydrogen-bond donors (Lipinski definition) is 0. The summed E-state index contributed by atoms with van der Waals surface area (Å²) in [6.07, 6.45) is 9.63. The quantitative estimate of drug-likeness (QED) is 0.0992. The maximum absolute atomic E-state index is 2.42. The Labute approximate surface area is 397 Å². The van der Waals surface area contributed by atoms with Crippen LogP contribution in [0.3, 0.4) is 0 Å².